The molecule has 0 aromatic heterocycles. The molecule has 12 nitrogen and oxygen atoms in total. The molecule has 236 valence electrons. The van der Waals surface area contributed by atoms with Gasteiger partial charge in [0.15, 0.2) is 22.8 Å². The van der Waals surface area contributed by atoms with E-state index in [2.05, 4.69) is 4.74 Å². The van der Waals surface area contributed by atoms with E-state index in [0.29, 0.717) is 96.4 Å². The summed E-state index contributed by atoms with van der Waals surface area (Å²) in [6.45, 7) is 2.65. The Hall–Kier alpha value is -1.67. The van der Waals surface area contributed by atoms with Crippen LogP contribution < -0.4 is 0 Å². The first kappa shape index (κ1) is 35.5. The number of hydrogen-bond acceptors (Lipinski definition) is 12. The van der Waals surface area contributed by atoms with Gasteiger partial charge in [-0.2, -0.15) is 0 Å². The topological polar surface area (TPSA) is 142 Å². The van der Waals surface area contributed by atoms with Gasteiger partial charge in [-0.3, -0.25) is 9.59 Å². The largest absolute Gasteiger partial charge is 0.467 e. The highest BCUT2D eigenvalue weighted by atomic mass is 35.5. The second kappa shape index (κ2) is 15.7. The minimum Gasteiger partial charge on any atom is -0.467 e. The monoisotopic (exact) mass is 608 g/mol. The lowest BCUT2D eigenvalue weighted by atomic mass is 9.81. The van der Waals surface area contributed by atoms with Crippen molar-refractivity contribution in [3.8, 4) is 0 Å². The Labute approximate surface area is 247 Å². The third-order valence-electron chi connectivity index (χ3n) is 8.53. The zero-order valence-electron chi connectivity index (χ0n) is 24.6. The summed E-state index contributed by atoms with van der Waals surface area (Å²) in [5, 5.41) is 0. The number of hydrogen-bond donors (Lipinski definition) is 0. The number of rotatable bonds is 4. The van der Waals surface area contributed by atoms with E-state index in [1.807, 2.05) is 0 Å². The molecule has 0 N–H and O–H groups in total. The molecule has 3 saturated carbocycles. The molecule has 2 saturated heterocycles. The first-order chi connectivity index (χ1) is 19.1. The van der Waals surface area contributed by atoms with E-state index in [1.165, 1.54) is 21.3 Å². The Morgan fingerprint density at radius 2 is 0.854 bits per heavy atom. The molecular weight excluding hydrogens is 564 g/mol. The maximum atomic E-state index is 11.7. The van der Waals surface area contributed by atoms with Crippen molar-refractivity contribution in [2.75, 3.05) is 54.9 Å². The van der Waals surface area contributed by atoms with Gasteiger partial charge in [-0.05, 0) is 25.7 Å². The smallest absolute Gasteiger partial charge is 0.338 e. The fourth-order valence-electron chi connectivity index (χ4n) is 5.80. The summed E-state index contributed by atoms with van der Waals surface area (Å²) in [7, 11) is 5.74. The van der Waals surface area contributed by atoms with Crippen LogP contribution in [0, 0.1) is 0 Å². The Bertz CT molecular complexity index is 863. The van der Waals surface area contributed by atoms with Crippen LogP contribution in [0.1, 0.15) is 77.0 Å². The number of halogens is 1. The number of carbonyl (C=O) groups excluding carboxylic acids is 4. The third kappa shape index (κ3) is 8.68. The summed E-state index contributed by atoms with van der Waals surface area (Å²) in [6.07, 6.45) is 6.96. The number of ketones is 2. The van der Waals surface area contributed by atoms with E-state index in [0.717, 1.165) is 12.8 Å². The van der Waals surface area contributed by atoms with Gasteiger partial charge >= 0.3 is 11.9 Å². The van der Waals surface area contributed by atoms with Crippen LogP contribution in [0.15, 0.2) is 0 Å². The molecule has 2 aliphatic heterocycles. The lowest BCUT2D eigenvalue weighted by Crippen LogP contribution is -2.50. The van der Waals surface area contributed by atoms with Crippen LogP contribution in [-0.2, 0) is 57.1 Å². The average molecular weight is 609 g/mol. The Balaban J connectivity index is 0.000000216. The lowest BCUT2D eigenvalue weighted by Gasteiger charge is -2.40. The highest BCUT2D eigenvalue weighted by Gasteiger charge is 2.51. The van der Waals surface area contributed by atoms with E-state index in [4.69, 9.17) is 33.2 Å². The van der Waals surface area contributed by atoms with Gasteiger partial charge in [0.1, 0.15) is 11.6 Å². The van der Waals surface area contributed by atoms with Crippen LogP contribution in [-0.4, -0.2) is 101 Å². The molecule has 0 aromatic carbocycles. The predicted octanol–water partition coefficient (Wildman–Crippen LogP) is 2.84. The van der Waals surface area contributed by atoms with Gasteiger partial charge in [0.05, 0.1) is 40.6 Å². The third-order valence-corrected chi connectivity index (χ3v) is 8.53. The van der Waals surface area contributed by atoms with Crippen LogP contribution in [0.3, 0.4) is 0 Å². The molecule has 0 radical (unpaired) electrons. The SMILES string of the molecule is COC(=O)C1(OC)CCC(=O)CC1.COC(=O)C1(OC)CCC2(CC1)OCCO2.Cl.O=C1CCC2(CC1)OCCO2. The van der Waals surface area contributed by atoms with Gasteiger partial charge < -0.3 is 37.9 Å². The molecule has 3 aliphatic carbocycles. The fraction of sp³-hybridized carbons (Fsp3) is 0.857. The summed E-state index contributed by atoms with van der Waals surface area (Å²) in [5.74, 6) is -0.985. The molecule has 41 heavy (non-hydrogen) atoms. The molecule has 13 heteroatoms. The van der Waals surface area contributed by atoms with Gasteiger partial charge in [-0.1, -0.05) is 0 Å². The van der Waals surface area contributed by atoms with Crippen molar-refractivity contribution in [1.82, 2.24) is 0 Å². The zero-order valence-corrected chi connectivity index (χ0v) is 25.4. The molecule has 5 aliphatic rings. The molecule has 5 fully saturated rings. The van der Waals surface area contributed by atoms with Crippen molar-refractivity contribution in [2.45, 2.75) is 99.8 Å². The van der Waals surface area contributed by atoms with Crippen LogP contribution in [0.5, 0.6) is 0 Å². The summed E-state index contributed by atoms with van der Waals surface area (Å²) < 4.78 is 42.1. The lowest BCUT2D eigenvalue weighted by molar-refractivity contribution is -0.214. The molecule has 5 rings (SSSR count). The molecule has 0 atom stereocenters. The Morgan fingerprint density at radius 1 is 0.537 bits per heavy atom. The highest BCUT2D eigenvalue weighted by molar-refractivity contribution is 5.86. The molecule has 0 amide bonds. The molecular formula is C28H45ClO12. The van der Waals surface area contributed by atoms with Crippen LogP contribution in [0.25, 0.3) is 0 Å². The zero-order chi connectivity index (χ0) is 29.3. The van der Waals surface area contributed by atoms with Crippen molar-refractivity contribution in [3.05, 3.63) is 0 Å². The van der Waals surface area contributed by atoms with E-state index >= 15 is 0 Å². The fourth-order valence-corrected chi connectivity index (χ4v) is 5.80. The molecule has 0 unspecified atom stereocenters. The van der Waals surface area contributed by atoms with Crippen LogP contribution in [0.2, 0.25) is 0 Å². The maximum absolute atomic E-state index is 11.7. The second-order valence-electron chi connectivity index (χ2n) is 10.7. The van der Waals surface area contributed by atoms with Gasteiger partial charge in [0, 0.05) is 65.6 Å². The Morgan fingerprint density at radius 3 is 1.20 bits per heavy atom. The van der Waals surface area contributed by atoms with Crippen molar-refractivity contribution >= 4 is 35.9 Å². The van der Waals surface area contributed by atoms with E-state index in [-0.39, 0.29) is 35.9 Å². The summed E-state index contributed by atoms with van der Waals surface area (Å²) in [5.41, 5.74) is -1.68. The van der Waals surface area contributed by atoms with Crippen molar-refractivity contribution in [3.63, 3.8) is 0 Å². The predicted molar refractivity (Wildman–Crippen MR) is 145 cm³/mol. The average Bonchev–Trinajstić information content (AvgIpc) is 3.66. The summed E-state index contributed by atoms with van der Waals surface area (Å²) in [4.78, 5) is 44.9. The summed E-state index contributed by atoms with van der Waals surface area (Å²) in [6, 6.07) is 0. The standard InChI is InChI=1S/C11H18O5.C9H14O4.C8H12O3.ClH/c1-13-9(12)10(14-2)3-5-11(6-4-10)15-7-8-16-11;1-12-8(11)9(13-2)5-3-7(10)4-6-9;9-7-1-3-8(4-2-7)10-5-6-11-8;/h3-8H2,1-2H3;3-6H2,1-2H3;1-6H2;1H. The Kier molecular flexibility index (Phi) is 13.6. The molecule has 2 spiro atoms. The first-order valence-electron chi connectivity index (χ1n) is 14.0. The minimum absolute atomic E-state index is 0. The first-order valence-corrected chi connectivity index (χ1v) is 14.0. The number of esters is 2. The molecule has 2 heterocycles. The van der Waals surface area contributed by atoms with Gasteiger partial charge in [0.2, 0.25) is 0 Å². The maximum Gasteiger partial charge on any atom is 0.338 e. The normalized spacial score (nSPS) is 25.2. The van der Waals surface area contributed by atoms with E-state index < -0.39 is 17.0 Å². The number of methoxy groups -OCH3 is 4. The van der Waals surface area contributed by atoms with Crippen molar-refractivity contribution in [2.24, 2.45) is 0 Å². The molecule has 0 bridgehead atoms. The quantitative estimate of drug-likeness (QED) is 0.433. The van der Waals surface area contributed by atoms with Crippen LogP contribution >= 0.6 is 12.4 Å². The van der Waals surface area contributed by atoms with Crippen molar-refractivity contribution in [1.29, 1.82) is 0 Å². The van der Waals surface area contributed by atoms with Gasteiger partial charge in [-0.15, -0.1) is 12.4 Å². The van der Waals surface area contributed by atoms with Crippen LogP contribution in [0.4, 0.5) is 0 Å². The second-order valence-corrected chi connectivity index (χ2v) is 10.7. The van der Waals surface area contributed by atoms with Gasteiger partial charge in [0.25, 0.3) is 0 Å². The van der Waals surface area contributed by atoms with E-state index in [9.17, 15) is 19.2 Å². The summed E-state index contributed by atoms with van der Waals surface area (Å²) >= 11 is 0. The minimum atomic E-state index is -0.872. The van der Waals surface area contributed by atoms with E-state index in [1.54, 1.807) is 7.11 Å². The highest BCUT2D eigenvalue weighted by Crippen LogP contribution is 2.42. The number of ether oxygens (including phenoxy) is 8. The molecule has 0 aromatic rings. The van der Waals surface area contributed by atoms with Crippen molar-refractivity contribution < 1.29 is 57.1 Å². The number of Topliss-reactive ketones (excluding diaryl/α,β-unsaturated/α-hetero) is 2. The number of carbonyl (C=O) groups is 4. The van der Waals surface area contributed by atoms with Gasteiger partial charge in [-0.25, -0.2) is 9.59 Å².